The number of amides is 1. The molecule has 5 nitrogen and oxygen atoms in total. The highest BCUT2D eigenvalue weighted by Crippen LogP contribution is 2.27. The van der Waals surface area contributed by atoms with Crippen molar-refractivity contribution in [3.05, 3.63) is 76.1 Å². The van der Waals surface area contributed by atoms with E-state index in [0.717, 1.165) is 22.4 Å². The fraction of sp³-hybridized carbons (Fsp3) is 0.150. The first-order valence-electron chi connectivity index (χ1n) is 8.17. The Kier molecular flexibility index (Phi) is 5.19. The van der Waals surface area contributed by atoms with Crippen LogP contribution in [0, 0.1) is 20.8 Å². The van der Waals surface area contributed by atoms with Gasteiger partial charge in [0.15, 0.2) is 0 Å². The van der Waals surface area contributed by atoms with E-state index in [4.69, 9.17) is 11.6 Å². The van der Waals surface area contributed by atoms with E-state index < -0.39 is 0 Å². The molecule has 26 heavy (non-hydrogen) atoms. The number of halogens is 1. The summed E-state index contributed by atoms with van der Waals surface area (Å²) in [6.07, 6.45) is 2.97. The van der Waals surface area contributed by atoms with Crippen molar-refractivity contribution in [1.29, 1.82) is 0 Å². The molecule has 1 aromatic heterocycles. The van der Waals surface area contributed by atoms with Crippen LogP contribution in [-0.4, -0.2) is 15.9 Å². The first-order valence-corrected chi connectivity index (χ1v) is 8.54. The number of aryl methyl sites for hydroxylation is 3. The van der Waals surface area contributed by atoms with Crippen LogP contribution in [-0.2, 0) is 0 Å². The lowest BCUT2D eigenvalue weighted by atomic mass is 10.1. The van der Waals surface area contributed by atoms with Crippen LogP contribution in [0.4, 0.5) is 17.3 Å². The van der Waals surface area contributed by atoms with Crippen LogP contribution in [0.25, 0.3) is 0 Å². The number of para-hydroxylation sites is 1. The Hall–Kier alpha value is -2.92. The Morgan fingerprint density at radius 1 is 1.00 bits per heavy atom. The van der Waals surface area contributed by atoms with Crippen molar-refractivity contribution < 1.29 is 4.79 Å². The van der Waals surface area contributed by atoms with Gasteiger partial charge in [0.25, 0.3) is 5.91 Å². The van der Waals surface area contributed by atoms with Gasteiger partial charge in [-0.15, -0.1) is 0 Å². The quantitative estimate of drug-likeness (QED) is 0.678. The Morgan fingerprint density at radius 2 is 1.69 bits per heavy atom. The van der Waals surface area contributed by atoms with Crippen molar-refractivity contribution in [3.63, 3.8) is 0 Å². The van der Waals surface area contributed by atoms with Crippen molar-refractivity contribution >= 4 is 34.8 Å². The summed E-state index contributed by atoms with van der Waals surface area (Å²) in [5, 5.41) is 6.48. The molecule has 2 N–H and O–H groups in total. The van der Waals surface area contributed by atoms with Gasteiger partial charge in [0, 0.05) is 18.1 Å². The number of benzene rings is 2. The summed E-state index contributed by atoms with van der Waals surface area (Å²) in [7, 11) is 0. The Bertz CT molecular complexity index is 931. The van der Waals surface area contributed by atoms with Crippen molar-refractivity contribution in [1.82, 2.24) is 9.97 Å². The zero-order chi connectivity index (χ0) is 18.7. The van der Waals surface area contributed by atoms with E-state index >= 15 is 0 Å². The highest BCUT2D eigenvalue weighted by Gasteiger charge is 2.12. The minimum Gasteiger partial charge on any atom is -0.324 e. The SMILES string of the molecule is Cc1cc(C)c(NC(=O)c2cnc(Nc3ccccc3C)nc2)c(Cl)c1. The van der Waals surface area contributed by atoms with Crippen LogP contribution < -0.4 is 10.6 Å². The molecule has 1 heterocycles. The molecule has 0 radical (unpaired) electrons. The average Bonchev–Trinajstić information content (AvgIpc) is 2.60. The summed E-state index contributed by atoms with van der Waals surface area (Å²) < 4.78 is 0. The molecule has 132 valence electrons. The van der Waals surface area contributed by atoms with Gasteiger partial charge in [-0.2, -0.15) is 0 Å². The predicted octanol–water partition coefficient (Wildman–Crippen LogP) is 5.05. The summed E-state index contributed by atoms with van der Waals surface area (Å²) in [6.45, 7) is 5.86. The third kappa shape index (κ3) is 4.00. The lowest BCUT2D eigenvalue weighted by Gasteiger charge is -2.12. The summed E-state index contributed by atoms with van der Waals surface area (Å²) in [5.74, 6) is 0.127. The highest BCUT2D eigenvalue weighted by atomic mass is 35.5. The fourth-order valence-corrected chi connectivity index (χ4v) is 2.97. The molecular formula is C20H19ClN4O. The minimum absolute atomic E-state index is 0.304. The molecule has 0 unspecified atom stereocenters. The van der Waals surface area contributed by atoms with Gasteiger partial charge in [0.1, 0.15) is 0 Å². The molecule has 0 atom stereocenters. The van der Waals surface area contributed by atoms with E-state index in [1.807, 2.05) is 57.2 Å². The molecule has 0 aliphatic rings. The fourth-order valence-electron chi connectivity index (χ4n) is 2.60. The summed E-state index contributed by atoms with van der Waals surface area (Å²) in [4.78, 5) is 20.9. The molecule has 0 aliphatic heterocycles. The summed E-state index contributed by atoms with van der Waals surface area (Å²) in [5.41, 5.74) is 4.91. The van der Waals surface area contributed by atoms with E-state index in [2.05, 4.69) is 20.6 Å². The molecule has 0 spiro atoms. The molecule has 1 amide bonds. The van der Waals surface area contributed by atoms with Crippen molar-refractivity contribution in [3.8, 4) is 0 Å². The first-order chi connectivity index (χ1) is 12.4. The van der Waals surface area contributed by atoms with Crippen molar-refractivity contribution in [2.45, 2.75) is 20.8 Å². The number of hydrogen-bond donors (Lipinski definition) is 2. The minimum atomic E-state index is -0.304. The summed E-state index contributed by atoms with van der Waals surface area (Å²) >= 11 is 6.24. The topological polar surface area (TPSA) is 66.9 Å². The van der Waals surface area contributed by atoms with Crippen LogP contribution in [0.1, 0.15) is 27.0 Å². The average molecular weight is 367 g/mol. The van der Waals surface area contributed by atoms with Crippen LogP contribution in [0.15, 0.2) is 48.8 Å². The number of carbonyl (C=O) groups excluding carboxylic acids is 1. The van der Waals surface area contributed by atoms with Crippen LogP contribution in [0.5, 0.6) is 0 Å². The smallest absolute Gasteiger partial charge is 0.258 e. The second-order valence-corrected chi connectivity index (χ2v) is 6.54. The molecule has 3 aromatic rings. The molecular weight excluding hydrogens is 348 g/mol. The third-order valence-electron chi connectivity index (χ3n) is 3.98. The molecule has 3 rings (SSSR count). The maximum Gasteiger partial charge on any atom is 0.258 e. The number of rotatable bonds is 4. The maximum atomic E-state index is 12.5. The molecule has 0 aliphatic carbocycles. The number of carbonyl (C=O) groups is 1. The predicted molar refractivity (Wildman–Crippen MR) is 105 cm³/mol. The zero-order valence-corrected chi connectivity index (χ0v) is 15.6. The van der Waals surface area contributed by atoms with Gasteiger partial charge in [0.05, 0.1) is 16.3 Å². The number of anilines is 3. The monoisotopic (exact) mass is 366 g/mol. The first kappa shape index (κ1) is 17.9. The van der Waals surface area contributed by atoms with E-state index in [0.29, 0.717) is 22.2 Å². The third-order valence-corrected chi connectivity index (χ3v) is 4.27. The van der Waals surface area contributed by atoms with Gasteiger partial charge < -0.3 is 10.6 Å². The Balaban J connectivity index is 1.74. The molecule has 6 heteroatoms. The van der Waals surface area contributed by atoms with Gasteiger partial charge in [-0.25, -0.2) is 9.97 Å². The molecule has 2 aromatic carbocycles. The lowest BCUT2D eigenvalue weighted by molar-refractivity contribution is 0.102. The van der Waals surface area contributed by atoms with Gasteiger partial charge in [-0.1, -0.05) is 35.9 Å². The number of aromatic nitrogens is 2. The molecule has 0 saturated heterocycles. The maximum absolute atomic E-state index is 12.5. The van der Waals surface area contributed by atoms with Gasteiger partial charge in [-0.05, 0) is 49.6 Å². The lowest BCUT2D eigenvalue weighted by Crippen LogP contribution is -2.14. The normalized spacial score (nSPS) is 10.5. The standard InChI is InChI=1S/C20H19ClN4O/c1-12-8-14(3)18(16(21)9-12)25-19(26)15-10-22-20(23-11-15)24-17-7-5-4-6-13(17)2/h4-11H,1-3H3,(H,25,26)(H,22,23,24). The Morgan fingerprint density at radius 3 is 2.35 bits per heavy atom. The second-order valence-electron chi connectivity index (χ2n) is 6.13. The van der Waals surface area contributed by atoms with E-state index in [1.54, 1.807) is 0 Å². The van der Waals surface area contributed by atoms with Crippen LogP contribution >= 0.6 is 11.6 Å². The molecule has 0 saturated carbocycles. The molecule has 0 bridgehead atoms. The largest absolute Gasteiger partial charge is 0.324 e. The van der Waals surface area contributed by atoms with Gasteiger partial charge >= 0.3 is 0 Å². The van der Waals surface area contributed by atoms with E-state index in [9.17, 15) is 4.79 Å². The molecule has 0 fully saturated rings. The van der Waals surface area contributed by atoms with Crippen LogP contribution in [0.3, 0.4) is 0 Å². The Labute approximate surface area is 157 Å². The van der Waals surface area contributed by atoms with Crippen molar-refractivity contribution in [2.75, 3.05) is 10.6 Å². The van der Waals surface area contributed by atoms with Gasteiger partial charge in [-0.3, -0.25) is 4.79 Å². The number of nitrogens with one attached hydrogen (secondary N) is 2. The van der Waals surface area contributed by atoms with E-state index in [1.165, 1.54) is 12.4 Å². The zero-order valence-electron chi connectivity index (χ0n) is 14.8. The number of nitrogens with zero attached hydrogens (tertiary/aromatic N) is 2. The van der Waals surface area contributed by atoms with Crippen molar-refractivity contribution in [2.24, 2.45) is 0 Å². The summed E-state index contributed by atoms with van der Waals surface area (Å²) in [6, 6.07) is 11.6. The van der Waals surface area contributed by atoms with E-state index in [-0.39, 0.29) is 5.91 Å². The number of hydrogen-bond acceptors (Lipinski definition) is 4. The van der Waals surface area contributed by atoms with Gasteiger partial charge in [0.2, 0.25) is 5.95 Å². The second kappa shape index (κ2) is 7.54. The highest BCUT2D eigenvalue weighted by molar-refractivity contribution is 6.34. The van der Waals surface area contributed by atoms with Crippen LogP contribution in [0.2, 0.25) is 5.02 Å².